The molecule has 1 unspecified atom stereocenters. The highest BCUT2D eigenvalue weighted by Gasteiger charge is 2.13. The van der Waals surface area contributed by atoms with E-state index in [0.717, 1.165) is 18.9 Å². The Hall–Kier alpha value is -0.550. The molecule has 86 valence electrons. The van der Waals surface area contributed by atoms with E-state index >= 15 is 0 Å². The molecule has 0 aromatic rings. The minimum Gasteiger partial charge on any atom is -0.313 e. The van der Waals surface area contributed by atoms with Gasteiger partial charge in [0, 0.05) is 6.04 Å². The Morgan fingerprint density at radius 1 is 1.27 bits per heavy atom. The first-order valence-corrected chi connectivity index (χ1v) is 6.47. The predicted molar refractivity (Wildman–Crippen MR) is 63.5 cm³/mol. The summed E-state index contributed by atoms with van der Waals surface area (Å²) in [6.45, 7) is 3.28. The third-order valence-electron chi connectivity index (χ3n) is 3.50. The summed E-state index contributed by atoms with van der Waals surface area (Å²) in [4.78, 5) is 0. The molecule has 0 radical (unpaired) electrons. The number of nitrogens with zero attached hydrogens (tertiary/aromatic N) is 1. The van der Waals surface area contributed by atoms with E-state index in [2.05, 4.69) is 18.3 Å². The van der Waals surface area contributed by atoms with Gasteiger partial charge in [-0.3, -0.25) is 0 Å². The highest BCUT2D eigenvalue weighted by atomic mass is 14.9. The van der Waals surface area contributed by atoms with E-state index in [1.54, 1.807) is 0 Å². The van der Waals surface area contributed by atoms with Crippen LogP contribution in [0.5, 0.6) is 0 Å². The Morgan fingerprint density at radius 2 is 1.93 bits per heavy atom. The van der Waals surface area contributed by atoms with E-state index in [4.69, 9.17) is 5.26 Å². The van der Waals surface area contributed by atoms with Gasteiger partial charge in [0.1, 0.15) is 0 Å². The van der Waals surface area contributed by atoms with Gasteiger partial charge in [-0.1, -0.05) is 32.6 Å². The molecule has 15 heavy (non-hydrogen) atoms. The topological polar surface area (TPSA) is 35.8 Å². The monoisotopic (exact) mass is 208 g/mol. The molecule has 2 heteroatoms. The second-order valence-corrected chi connectivity index (χ2v) is 4.73. The summed E-state index contributed by atoms with van der Waals surface area (Å²) in [6.07, 6.45) is 10.1. The average Bonchev–Trinajstić information content (AvgIpc) is 2.52. The fourth-order valence-corrected chi connectivity index (χ4v) is 2.37. The molecule has 1 rings (SSSR count). The zero-order valence-electron chi connectivity index (χ0n) is 9.97. The maximum Gasteiger partial charge on any atom is 0.0638 e. The van der Waals surface area contributed by atoms with Gasteiger partial charge in [0.2, 0.25) is 0 Å². The van der Waals surface area contributed by atoms with E-state index < -0.39 is 0 Å². The summed E-state index contributed by atoms with van der Waals surface area (Å²) in [5.41, 5.74) is 0. The highest BCUT2D eigenvalue weighted by Crippen LogP contribution is 2.22. The number of rotatable bonds is 5. The minimum atomic E-state index is 0.415. The van der Waals surface area contributed by atoms with Crippen molar-refractivity contribution in [3.63, 3.8) is 0 Å². The molecule has 0 bridgehead atoms. The molecule has 0 saturated heterocycles. The SMILES string of the molecule is CCC(CC#N)NCC1CCCCCC1. The Balaban J connectivity index is 2.19. The first kappa shape index (κ1) is 12.5. The van der Waals surface area contributed by atoms with Gasteiger partial charge in [-0.2, -0.15) is 5.26 Å². The lowest BCUT2D eigenvalue weighted by molar-refractivity contribution is 0.387. The van der Waals surface area contributed by atoms with Crippen molar-refractivity contribution in [2.45, 2.75) is 64.3 Å². The molecule has 0 aliphatic heterocycles. The van der Waals surface area contributed by atoms with E-state index in [-0.39, 0.29) is 0 Å². The zero-order chi connectivity index (χ0) is 10.9. The van der Waals surface area contributed by atoms with Crippen LogP contribution in [0.15, 0.2) is 0 Å². The number of nitriles is 1. The van der Waals surface area contributed by atoms with Gasteiger partial charge < -0.3 is 5.32 Å². The average molecular weight is 208 g/mol. The lowest BCUT2D eigenvalue weighted by Gasteiger charge is -2.19. The van der Waals surface area contributed by atoms with Crippen LogP contribution in [0.1, 0.15) is 58.3 Å². The summed E-state index contributed by atoms with van der Waals surface area (Å²) in [5.74, 6) is 0.861. The molecule has 0 aromatic carbocycles. The van der Waals surface area contributed by atoms with E-state index in [0.29, 0.717) is 12.5 Å². The van der Waals surface area contributed by atoms with Gasteiger partial charge in [0.15, 0.2) is 0 Å². The van der Waals surface area contributed by atoms with Crippen LogP contribution in [0.3, 0.4) is 0 Å². The minimum absolute atomic E-state index is 0.415. The maximum absolute atomic E-state index is 8.66. The Bertz CT molecular complexity index is 187. The maximum atomic E-state index is 8.66. The van der Waals surface area contributed by atoms with Crippen molar-refractivity contribution in [1.29, 1.82) is 5.26 Å². The van der Waals surface area contributed by atoms with Crippen LogP contribution in [-0.4, -0.2) is 12.6 Å². The van der Waals surface area contributed by atoms with Crippen LogP contribution in [-0.2, 0) is 0 Å². The van der Waals surface area contributed by atoms with Crippen LogP contribution in [0.25, 0.3) is 0 Å². The van der Waals surface area contributed by atoms with Crippen molar-refractivity contribution in [3.8, 4) is 6.07 Å². The Morgan fingerprint density at radius 3 is 2.47 bits per heavy atom. The summed E-state index contributed by atoms with van der Waals surface area (Å²) >= 11 is 0. The van der Waals surface area contributed by atoms with Crippen LogP contribution < -0.4 is 5.32 Å². The second kappa shape index (κ2) is 7.70. The highest BCUT2D eigenvalue weighted by molar-refractivity contribution is 4.80. The molecular weight excluding hydrogens is 184 g/mol. The predicted octanol–water partition coefficient (Wildman–Crippen LogP) is 3.24. The fourth-order valence-electron chi connectivity index (χ4n) is 2.37. The van der Waals surface area contributed by atoms with Crippen LogP contribution >= 0.6 is 0 Å². The van der Waals surface area contributed by atoms with E-state index in [9.17, 15) is 0 Å². The molecule has 1 atom stereocenters. The number of nitrogens with one attached hydrogen (secondary N) is 1. The third-order valence-corrected chi connectivity index (χ3v) is 3.50. The first-order chi connectivity index (χ1) is 7.36. The number of hydrogen-bond donors (Lipinski definition) is 1. The molecule has 0 amide bonds. The zero-order valence-corrected chi connectivity index (χ0v) is 9.97. The summed E-state index contributed by atoms with van der Waals surface area (Å²) < 4.78 is 0. The van der Waals surface area contributed by atoms with Gasteiger partial charge in [0.25, 0.3) is 0 Å². The van der Waals surface area contributed by atoms with Crippen molar-refractivity contribution >= 4 is 0 Å². The summed E-state index contributed by atoms with van der Waals surface area (Å²) in [7, 11) is 0. The molecule has 1 saturated carbocycles. The Labute approximate surface area is 94.1 Å². The molecule has 1 fully saturated rings. The van der Waals surface area contributed by atoms with Gasteiger partial charge in [-0.25, -0.2) is 0 Å². The lowest BCUT2D eigenvalue weighted by Crippen LogP contribution is -2.32. The van der Waals surface area contributed by atoms with E-state index in [1.165, 1.54) is 38.5 Å². The fraction of sp³-hybridized carbons (Fsp3) is 0.923. The molecule has 1 aliphatic carbocycles. The van der Waals surface area contributed by atoms with Crippen molar-refractivity contribution in [1.82, 2.24) is 5.32 Å². The molecule has 1 N–H and O–H groups in total. The first-order valence-electron chi connectivity index (χ1n) is 6.47. The van der Waals surface area contributed by atoms with E-state index in [1.807, 2.05) is 0 Å². The normalized spacial score (nSPS) is 20.5. The molecule has 0 spiro atoms. The summed E-state index contributed by atoms with van der Waals surface area (Å²) in [5, 5.41) is 12.2. The van der Waals surface area contributed by atoms with Crippen molar-refractivity contribution < 1.29 is 0 Å². The second-order valence-electron chi connectivity index (χ2n) is 4.73. The summed E-state index contributed by atoms with van der Waals surface area (Å²) in [6, 6.07) is 2.67. The van der Waals surface area contributed by atoms with Crippen molar-refractivity contribution in [3.05, 3.63) is 0 Å². The lowest BCUT2D eigenvalue weighted by atomic mass is 9.99. The van der Waals surface area contributed by atoms with Crippen LogP contribution in [0, 0.1) is 17.2 Å². The van der Waals surface area contributed by atoms with Crippen LogP contribution in [0.4, 0.5) is 0 Å². The molecule has 0 heterocycles. The number of hydrogen-bond acceptors (Lipinski definition) is 2. The molecular formula is C13H24N2. The van der Waals surface area contributed by atoms with Crippen LogP contribution in [0.2, 0.25) is 0 Å². The molecule has 0 aromatic heterocycles. The van der Waals surface area contributed by atoms with Crippen molar-refractivity contribution in [2.24, 2.45) is 5.92 Å². The van der Waals surface area contributed by atoms with Gasteiger partial charge in [-0.15, -0.1) is 0 Å². The smallest absolute Gasteiger partial charge is 0.0638 e. The molecule has 1 aliphatic rings. The Kier molecular flexibility index (Phi) is 6.43. The van der Waals surface area contributed by atoms with Gasteiger partial charge in [0.05, 0.1) is 12.5 Å². The van der Waals surface area contributed by atoms with Crippen molar-refractivity contribution in [2.75, 3.05) is 6.54 Å². The van der Waals surface area contributed by atoms with Gasteiger partial charge in [-0.05, 0) is 31.7 Å². The standard InChI is InChI=1S/C13H24N2/c1-2-13(9-10-14)15-11-12-7-5-3-4-6-8-12/h12-13,15H,2-9,11H2,1H3. The molecule has 2 nitrogen and oxygen atoms in total. The third kappa shape index (κ3) is 5.18. The largest absolute Gasteiger partial charge is 0.313 e. The quantitative estimate of drug-likeness (QED) is 0.704. The van der Waals surface area contributed by atoms with Gasteiger partial charge >= 0.3 is 0 Å².